The first-order valence-corrected chi connectivity index (χ1v) is 10.4. The third-order valence-electron chi connectivity index (χ3n) is 6.21. The zero-order chi connectivity index (χ0) is 23.0. The summed E-state index contributed by atoms with van der Waals surface area (Å²) in [6, 6.07) is 7.75. The minimum Gasteiger partial charge on any atom is -0.396 e. The second-order valence-electron chi connectivity index (χ2n) is 8.28. The highest BCUT2D eigenvalue weighted by molar-refractivity contribution is 6.04. The molecular formula is C23H23F4N3O2. The van der Waals surface area contributed by atoms with E-state index in [1.807, 2.05) is 17.7 Å². The Morgan fingerprint density at radius 3 is 2.56 bits per heavy atom. The van der Waals surface area contributed by atoms with Gasteiger partial charge in [-0.15, -0.1) is 0 Å². The van der Waals surface area contributed by atoms with Gasteiger partial charge in [0.05, 0.1) is 11.2 Å². The first-order valence-electron chi connectivity index (χ1n) is 10.4. The van der Waals surface area contributed by atoms with Gasteiger partial charge < -0.3 is 15.0 Å². The van der Waals surface area contributed by atoms with Crippen LogP contribution in [0.3, 0.4) is 0 Å². The van der Waals surface area contributed by atoms with Gasteiger partial charge in [-0.2, -0.15) is 13.2 Å². The second-order valence-corrected chi connectivity index (χ2v) is 8.28. The lowest BCUT2D eigenvalue weighted by molar-refractivity contribution is -0.141. The van der Waals surface area contributed by atoms with Crippen molar-refractivity contribution in [2.45, 2.75) is 37.8 Å². The van der Waals surface area contributed by atoms with E-state index in [1.165, 1.54) is 12.1 Å². The summed E-state index contributed by atoms with van der Waals surface area (Å²) in [6.07, 6.45) is -0.951. The zero-order valence-corrected chi connectivity index (χ0v) is 17.4. The van der Waals surface area contributed by atoms with Crippen LogP contribution in [-0.2, 0) is 13.2 Å². The number of aromatic nitrogens is 2. The fraction of sp³-hybridized carbons (Fsp3) is 0.391. The number of pyridine rings is 1. The summed E-state index contributed by atoms with van der Waals surface area (Å²) < 4.78 is 55.3. The molecule has 170 valence electrons. The van der Waals surface area contributed by atoms with E-state index in [-0.39, 0.29) is 12.3 Å². The number of hydrogen-bond acceptors (Lipinski definition) is 3. The lowest BCUT2D eigenvalue weighted by Gasteiger charge is -2.27. The van der Waals surface area contributed by atoms with Gasteiger partial charge >= 0.3 is 6.18 Å². The number of nitrogens with zero attached hydrogens (tertiary/aromatic N) is 2. The number of halogens is 4. The summed E-state index contributed by atoms with van der Waals surface area (Å²) >= 11 is 0. The number of aryl methyl sites for hydroxylation is 1. The molecule has 1 aliphatic rings. The highest BCUT2D eigenvalue weighted by Crippen LogP contribution is 2.38. The van der Waals surface area contributed by atoms with Crippen LogP contribution in [0.25, 0.3) is 10.9 Å². The third-order valence-corrected chi connectivity index (χ3v) is 6.21. The number of amides is 1. The fourth-order valence-electron chi connectivity index (χ4n) is 4.41. The molecule has 0 radical (unpaired) electrons. The molecule has 2 heterocycles. The van der Waals surface area contributed by atoms with Crippen molar-refractivity contribution in [3.63, 3.8) is 0 Å². The molecule has 0 atom stereocenters. The zero-order valence-electron chi connectivity index (χ0n) is 17.4. The van der Waals surface area contributed by atoms with Gasteiger partial charge in [0, 0.05) is 30.8 Å². The van der Waals surface area contributed by atoms with Gasteiger partial charge in [0.1, 0.15) is 17.2 Å². The van der Waals surface area contributed by atoms with Crippen LogP contribution in [0.2, 0.25) is 0 Å². The van der Waals surface area contributed by atoms with Gasteiger partial charge in [0.15, 0.2) is 0 Å². The Labute approximate surface area is 182 Å². The molecule has 0 saturated heterocycles. The van der Waals surface area contributed by atoms with Gasteiger partial charge in [0.25, 0.3) is 5.91 Å². The van der Waals surface area contributed by atoms with Crippen molar-refractivity contribution < 1.29 is 27.5 Å². The molecule has 3 aromatic rings. The monoisotopic (exact) mass is 449 g/mol. The van der Waals surface area contributed by atoms with Crippen LogP contribution < -0.4 is 5.32 Å². The average molecular weight is 449 g/mol. The maximum absolute atomic E-state index is 14.7. The number of hydrogen-bond donors (Lipinski definition) is 2. The van der Waals surface area contributed by atoms with Crippen molar-refractivity contribution in [1.29, 1.82) is 0 Å². The van der Waals surface area contributed by atoms with Crippen molar-refractivity contribution in [3.8, 4) is 0 Å². The second kappa shape index (κ2) is 8.54. The number of anilines is 1. The highest BCUT2D eigenvalue weighted by atomic mass is 19.4. The average Bonchev–Trinajstić information content (AvgIpc) is 3.09. The maximum atomic E-state index is 14.7. The van der Waals surface area contributed by atoms with Crippen LogP contribution in [0.15, 0.2) is 36.4 Å². The molecule has 2 aromatic heterocycles. The summed E-state index contributed by atoms with van der Waals surface area (Å²) in [5.74, 6) is -0.988. The van der Waals surface area contributed by atoms with Crippen molar-refractivity contribution in [3.05, 3.63) is 59.3 Å². The normalized spacial score (nSPS) is 19.3. The minimum atomic E-state index is -4.68. The predicted octanol–water partition coefficient (Wildman–Crippen LogP) is 5.25. The summed E-state index contributed by atoms with van der Waals surface area (Å²) in [7, 11) is 1.86. The molecule has 5 nitrogen and oxygen atoms in total. The Balaban J connectivity index is 1.59. The Morgan fingerprint density at radius 2 is 1.91 bits per heavy atom. The first kappa shape index (κ1) is 22.3. The largest absolute Gasteiger partial charge is 0.433 e. The van der Waals surface area contributed by atoms with Crippen LogP contribution in [0.1, 0.15) is 53.5 Å². The van der Waals surface area contributed by atoms with Crippen molar-refractivity contribution in [2.75, 3.05) is 11.9 Å². The molecule has 1 saturated carbocycles. The van der Waals surface area contributed by atoms with Crippen LogP contribution in [-0.4, -0.2) is 27.2 Å². The number of alkyl halides is 3. The van der Waals surface area contributed by atoms with E-state index < -0.39 is 29.3 Å². The van der Waals surface area contributed by atoms with Crippen molar-refractivity contribution >= 4 is 22.5 Å². The third kappa shape index (κ3) is 4.34. The first-order chi connectivity index (χ1) is 15.2. The SMILES string of the molecule is Cn1c(C2CCC(CO)CC2)cc2cc(NC(=O)c3cccc(C(F)(F)F)n3)c(F)cc21. The number of aliphatic hydroxyl groups excluding tert-OH is 1. The lowest BCUT2D eigenvalue weighted by atomic mass is 9.81. The van der Waals surface area contributed by atoms with E-state index in [4.69, 9.17) is 0 Å². The highest BCUT2D eigenvalue weighted by Gasteiger charge is 2.33. The van der Waals surface area contributed by atoms with Gasteiger partial charge in [-0.25, -0.2) is 9.37 Å². The molecular weight excluding hydrogens is 426 g/mol. The number of aliphatic hydroxyl groups is 1. The Hall–Kier alpha value is -2.94. The Kier molecular flexibility index (Phi) is 5.94. The van der Waals surface area contributed by atoms with Crippen LogP contribution in [0.5, 0.6) is 0 Å². The number of benzene rings is 1. The maximum Gasteiger partial charge on any atom is 0.433 e. The molecule has 32 heavy (non-hydrogen) atoms. The molecule has 0 spiro atoms. The van der Waals surface area contributed by atoms with E-state index in [2.05, 4.69) is 10.3 Å². The smallest absolute Gasteiger partial charge is 0.396 e. The van der Waals surface area contributed by atoms with Crippen molar-refractivity contribution in [1.82, 2.24) is 9.55 Å². The molecule has 9 heteroatoms. The van der Waals surface area contributed by atoms with Crippen molar-refractivity contribution in [2.24, 2.45) is 13.0 Å². The topological polar surface area (TPSA) is 67.2 Å². The molecule has 0 bridgehead atoms. The summed E-state index contributed by atoms with van der Waals surface area (Å²) in [4.78, 5) is 15.8. The van der Waals surface area contributed by atoms with E-state index in [9.17, 15) is 27.5 Å². The van der Waals surface area contributed by atoms with E-state index in [1.54, 1.807) is 0 Å². The van der Waals surface area contributed by atoms with Gasteiger partial charge in [0.2, 0.25) is 0 Å². The predicted molar refractivity (Wildman–Crippen MR) is 112 cm³/mol. The molecule has 0 aliphatic heterocycles. The Morgan fingerprint density at radius 1 is 1.19 bits per heavy atom. The van der Waals surface area contributed by atoms with E-state index in [0.717, 1.165) is 55.0 Å². The van der Waals surface area contributed by atoms with Crippen LogP contribution in [0, 0.1) is 11.7 Å². The van der Waals surface area contributed by atoms with Gasteiger partial charge in [-0.3, -0.25) is 4.79 Å². The standard InChI is InChI=1S/C23H23F4N3O2/c1-30-19(14-7-5-13(12-31)6-8-14)10-15-9-18(16(24)11-20(15)30)29-22(32)17-3-2-4-21(28-17)23(25,26)27/h2-4,9-11,13-14,31H,5-8,12H2,1H3,(H,29,32). The quantitative estimate of drug-likeness (QED) is 0.535. The van der Waals surface area contributed by atoms with Gasteiger partial charge in [-0.1, -0.05) is 6.07 Å². The van der Waals surface area contributed by atoms with E-state index in [0.29, 0.717) is 17.4 Å². The van der Waals surface area contributed by atoms with E-state index >= 15 is 0 Å². The Bertz CT molecular complexity index is 1150. The summed E-state index contributed by atoms with van der Waals surface area (Å²) in [5.41, 5.74) is -0.0444. The molecule has 1 fully saturated rings. The number of rotatable bonds is 4. The molecule has 1 amide bonds. The summed E-state index contributed by atoms with van der Waals surface area (Å²) in [5, 5.41) is 12.4. The molecule has 4 rings (SSSR count). The molecule has 0 unspecified atom stereocenters. The number of nitrogens with one attached hydrogen (secondary N) is 1. The van der Waals surface area contributed by atoms with Crippen LogP contribution in [0.4, 0.5) is 23.2 Å². The lowest BCUT2D eigenvalue weighted by Crippen LogP contribution is -2.17. The summed E-state index contributed by atoms with van der Waals surface area (Å²) in [6.45, 7) is 0.191. The minimum absolute atomic E-state index is 0.122. The van der Waals surface area contributed by atoms with Crippen LogP contribution >= 0.6 is 0 Å². The fourth-order valence-corrected chi connectivity index (χ4v) is 4.41. The number of carbonyl (C=O) groups excluding carboxylic acids is 1. The van der Waals surface area contributed by atoms with Gasteiger partial charge in [-0.05, 0) is 61.8 Å². The molecule has 2 N–H and O–H groups in total. The molecule has 1 aromatic carbocycles. The molecule has 1 aliphatic carbocycles. The number of carbonyl (C=O) groups is 1. The number of fused-ring (bicyclic) bond motifs is 1.